The minimum Gasteiger partial charge on any atom is -0.0617 e. The summed E-state index contributed by atoms with van der Waals surface area (Å²) >= 11 is 0. The highest BCUT2D eigenvalue weighted by Gasteiger charge is 2.31. The zero-order valence-electron chi connectivity index (χ0n) is 25.3. The number of rotatable bonds is 3. The second kappa shape index (κ2) is 9.68. The molecule has 0 fully saturated rings. The van der Waals surface area contributed by atoms with Crippen molar-refractivity contribution >= 4 is 0 Å². The van der Waals surface area contributed by atoms with Crippen LogP contribution in [0.25, 0.3) is 0 Å². The van der Waals surface area contributed by atoms with Crippen molar-refractivity contribution in [2.24, 2.45) is 32.5 Å². The minimum atomic E-state index is 0.0496. The summed E-state index contributed by atoms with van der Waals surface area (Å²) in [6, 6.07) is 0. The van der Waals surface area contributed by atoms with Gasteiger partial charge in [-0.2, -0.15) is 0 Å². The molecular formula is C32H58. The molecule has 0 heteroatoms. The van der Waals surface area contributed by atoms with Crippen molar-refractivity contribution in [2.45, 2.75) is 125 Å². The van der Waals surface area contributed by atoms with Crippen molar-refractivity contribution in [1.29, 1.82) is 0 Å². The van der Waals surface area contributed by atoms with E-state index < -0.39 is 0 Å². The molecule has 0 aliphatic heterocycles. The van der Waals surface area contributed by atoms with Gasteiger partial charge in [-0.1, -0.05) is 160 Å². The summed E-state index contributed by atoms with van der Waals surface area (Å²) in [5.74, 6) is 0. The summed E-state index contributed by atoms with van der Waals surface area (Å²) in [6.45, 7) is 42.0. The summed E-state index contributed by atoms with van der Waals surface area (Å²) in [4.78, 5) is 0. The second-order valence-electron chi connectivity index (χ2n) is 15.8. The van der Waals surface area contributed by atoms with Gasteiger partial charge in [-0.05, 0) is 43.6 Å². The van der Waals surface area contributed by atoms with Crippen LogP contribution in [0.2, 0.25) is 0 Å². The molecule has 0 N–H and O–H groups in total. The maximum Gasteiger partial charge on any atom is -0.0129 e. The second-order valence-corrected chi connectivity index (χ2v) is 15.8. The van der Waals surface area contributed by atoms with Crippen molar-refractivity contribution in [3.05, 3.63) is 46.6 Å². The zero-order valence-corrected chi connectivity index (χ0v) is 25.3. The van der Waals surface area contributed by atoms with Crippen LogP contribution in [0.4, 0.5) is 0 Å². The van der Waals surface area contributed by atoms with Gasteiger partial charge in [0.05, 0.1) is 0 Å². The van der Waals surface area contributed by atoms with Crippen LogP contribution < -0.4 is 0 Å². The van der Waals surface area contributed by atoms with Crippen molar-refractivity contribution in [2.75, 3.05) is 0 Å². The first-order valence-corrected chi connectivity index (χ1v) is 12.6. The normalized spacial score (nSPS) is 15.6. The van der Waals surface area contributed by atoms with Gasteiger partial charge in [-0.25, -0.2) is 0 Å². The molecule has 0 aromatic heterocycles. The molecule has 0 saturated carbocycles. The van der Waals surface area contributed by atoms with E-state index >= 15 is 0 Å². The number of hydrogen-bond acceptors (Lipinski definition) is 0. The first kappa shape index (κ1) is 31.0. The lowest BCUT2D eigenvalue weighted by Crippen LogP contribution is -2.24. The van der Waals surface area contributed by atoms with E-state index in [9.17, 15) is 0 Å². The lowest BCUT2D eigenvalue weighted by molar-refractivity contribution is 0.361. The van der Waals surface area contributed by atoms with Crippen molar-refractivity contribution in [3.63, 3.8) is 0 Å². The summed E-state index contributed by atoms with van der Waals surface area (Å²) in [5, 5.41) is 0. The van der Waals surface area contributed by atoms with E-state index in [1.54, 1.807) is 0 Å². The van der Waals surface area contributed by atoms with E-state index in [1.165, 1.54) is 22.3 Å². The quantitative estimate of drug-likeness (QED) is 0.381. The largest absolute Gasteiger partial charge is 0.0617 e. The van der Waals surface area contributed by atoms with Crippen LogP contribution in [0.3, 0.4) is 0 Å². The van der Waals surface area contributed by atoms with Crippen LogP contribution in [0, 0.1) is 32.5 Å². The third kappa shape index (κ3) is 9.44. The molecule has 186 valence electrons. The van der Waals surface area contributed by atoms with Crippen molar-refractivity contribution < 1.29 is 0 Å². The Morgan fingerprint density at radius 1 is 0.281 bits per heavy atom. The average molecular weight is 443 g/mol. The molecule has 0 spiro atoms. The third-order valence-corrected chi connectivity index (χ3v) is 5.97. The first-order chi connectivity index (χ1) is 13.7. The van der Waals surface area contributed by atoms with Crippen molar-refractivity contribution in [3.8, 4) is 0 Å². The van der Waals surface area contributed by atoms with Gasteiger partial charge in [-0.15, -0.1) is 0 Å². The fourth-order valence-corrected chi connectivity index (χ4v) is 5.07. The van der Waals surface area contributed by atoms with Gasteiger partial charge in [0.15, 0.2) is 0 Å². The monoisotopic (exact) mass is 442 g/mol. The Hall–Kier alpha value is -1.04. The molecule has 0 radical (unpaired) electrons. The van der Waals surface area contributed by atoms with E-state index in [0.29, 0.717) is 0 Å². The maximum absolute atomic E-state index is 2.42. The Labute approximate surface area is 203 Å². The van der Waals surface area contributed by atoms with Crippen LogP contribution in [0.1, 0.15) is 125 Å². The molecule has 0 heterocycles. The van der Waals surface area contributed by atoms with Gasteiger partial charge < -0.3 is 0 Å². The minimum absolute atomic E-state index is 0.0496. The zero-order chi connectivity index (χ0) is 26.1. The van der Waals surface area contributed by atoms with Gasteiger partial charge in [-0.3, -0.25) is 0 Å². The Morgan fingerprint density at radius 3 is 0.594 bits per heavy atom. The van der Waals surface area contributed by atoms with E-state index in [-0.39, 0.29) is 32.5 Å². The van der Waals surface area contributed by atoms with Gasteiger partial charge in [0, 0.05) is 0 Å². The highest BCUT2D eigenvalue weighted by Crippen LogP contribution is 2.44. The molecule has 0 aromatic rings. The highest BCUT2D eigenvalue weighted by molar-refractivity contribution is 5.45. The smallest absolute Gasteiger partial charge is 0.0129 e. The third-order valence-electron chi connectivity index (χ3n) is 5.97. The SMILES string of the molecule is CC(C)(C)C(=C/C=C(/C(=C/C=C(C(C)(C)C)C(C)(C)C)C(C)(C)C)C(C)(C)C)C(C)(C)C. The fraction of sp³-hybridized carbons (Fsp3) is 0.750. The van der Waals surface area contributed by atoms with Gasteiger partial charge >= 0.3 is 0 Å². The van der Waals surface area contributed by atoms with Gasteiger partial charge in [0.25, 0.3) is 0 Å². The Morgan fingerprint density at radius 2 is 0.469 bits per heavy atom. The van der Waals surface area contributed by atoms with Crippen molar-refractivity contribution in [1.82, 2.24) is 0 Å². The van der Waals surface area contributed by atoms with E-state index in [4.69, 9.17) is 0 Å². The topological polar surface area (TPSA) is 0 Å². The predicted molar refractivity (Wildman–Crippen MR) is 149 cm³/mol. The molecule has 0 atom stereocenters. The summed E-state index contributed by atoms with van der Waals surface area (Å²) in [5.41, 5.74) is 6.46. The van der Waals surface area contributed by atoms with Crippen LogP contribution in [-0.4, -0.2) is 0 Å². The van der Waals surface area contributed by atoms with Crippen LogP contribution in [-0.2, 0) is 0 Å². The standard InChI is InChI=1S/C32H58/c1-27(2,3)23(19-21-25(29(7,8)9)30(10,11)12)24(28(4,5)6)20-22-26(31(13,14)15)32(16,17)18/h19-22H,1-18H3/b23-19-,24-20-. The Balaban J connectivity index is 7.21. The lowest BCUT2D eigenvalue weighted by Gasteiger charge is -2.36. The molecule has 0 aliphatic rings. The fourth-order valence-electron chi connectivity index (χ4n) is 5.07. The summed E-state index contributed by atoms with van der Waals surface area (Å²) < 4.78 is 0. The molecule has 0 nitrogen and oxygen atoms in total. The molecule has 0 saturated heterocycles. The predicted octanol–water partition coefficient (Wildman–Crippen LogP) is 11.0. The maximum atomic E-state index is 2.42. The molecular weight excluding hydrogens is 384 g/mol. The number of hydrogen-bond donors (Lipinski definition) is 0. The molecule has 0 bridgehead atoms. The highest BCUT2D eigenvalue weighted by atomic mass is 14.4. The summed E-state index contributed by atoms with van der Waals surface area (Å²) in [6.07, 6.45) is 9.67. The van der Waals surface area contributed by atoms with E-state index in [1.807, 2.05) is 0 Å². The van der Waals surface area contributed by atoms with Crippen LogP contribution >= 0.6 is 0 Å². The lowest BCUT2D eigenvalue weighted by atomic mass is 9.69. The molecule has 0 aliphatic carbocycles. The Kier molecular flexibility index (Phi) is 9.36. The average Bonchev–Trinajstić information content (AvgIpc) is 2.40. The van der Waals surface area contributed by atoms with E-state index in [2.05, 4.69) is 149 Å². The van der Waals surface area contributed by atoms with Crippen LogP contribution in [0.5, 0.6) is 0 Å². The van der Waals surface area contributed by atoms with Gasteiger partial charge in [0.1, 0.15) is 0 Å². The molecule has 0 unspecified atom stereocenters. The molecule has 0 rings (SSSR count). The Bertz CT molecular complexity index is 647. The molecule has 0 aromatic carbocycles. The first-order valence-electron chi connectivity index (χ1n) is 12.6. The van der Waals surface area contributed by atoms with E-state index in [0.717, 1.165) is 0 Å². The molecule has 0 amide bonds. The summed E-state index contributed by atoms with van der Waals surface area (Å²) in [7, 11) is 0. The van der Waals surface area contributed by atoms with Gasteiger partial charge in [0.2, 0.25) is 0 Å². The molecule has 32 heavy (non-hydrogen) atoms. The van der Waals surface area contributed by atoms with Crippen LogP contribution in [0.15, 0.2) is 46.6 Å². The number of allylic oxidation sites excluding steroid dienone is 8.